The van der Waals surface area contributed by atoms with E-state index in [0.29, 0.717) is 18.2 Å². The fraction of sp³-hybridized carbons (Fsp3) is 0. The van der Waals surface area contributed by atoms with Gasteiger partial charge in [-0.25, -0.2) is 0 Å². The van der Waals surface area contributed by atoms with Crippen molar-refractivity contribution in [1.29, 1.82) is 0 Å². The molecular weight excluding hydrogens is 51.9 g/mol. The molecule has 0 radical (unpaired) electrons. The average molecular weight is 53.9 g/mol. The summed E-state index contributed by atoms with van der Waals surface area (Å²) >= 11 is 0.500. The Balaban J connectivity index is -0.00000000500. The number of halogens is 2. The summed E-state index contributed by atoms with van der Waals surface area (Å²) in [6.07, 6.45) is 0. The molecule has 0 saturated heterocycles. The van der Waals surface area contributed by atoms with Crippen molar-refractivity contribution in [2.24, 2.45) is 0 Å². The first-order valence-electron chi connectivity index (χ1n) is 0.378. The summed E-state index contributed by atoms with van der Waals surface area (Å²) in [5.41, 5.74) is 0. The molecule has 0 spiro atoms. The maximum absolute atomic E-state index is 9.50. The van der Waals surface area contributed by atoms with Gasteiger partial charge in [-0.15, -0.1) is 0 Å². The molecule has 0 aliphatic heterocycles. The monoisotopic (exact) mass is 54.0 g/mol. The SMILES string of the molecule is F.[LiH].[Li][F]. The fourth-order valence-corrected chi connectivity index (χ4v) is 0. The van der Waals surface area contributed by atoms with E-state index in [1.54, 1.807) is 0 Å². The molecule has 4 heteroatoms. The molecule has 0 nitrogen and oxygen atoms in total. The minimum absolute atomic E-state index is 0. The normalized spacial score (nSPS) is 1.75. The molecule has 0 fully saturated rings. The van der Waals surface area contributed by atoms with Crippen molar-refractivity contribution in [3.8, 4) is 0 Å². The predicted molar refractivity (Wildman–Crippen MR) is 16.5 cm³/mol. The standard InChI is InChI=1S/2FH.2Li.H/h2*1H;;;/q;;;+1;/p-1. The molecule has 0 aliphatic carbocycles. The molecule has 0 aromatic heterocycles. The van der Waals surface area contributed by atoms with Crippen LogP contribution >= 0.6 is 0 Å². The van der Waals surface area contributed by atoms with Crippen molar-refractivity contribution in [2.45, 2.75) is 0 Å². The molecule has 0 heterocycles. The second-order valence-electron chi connectivity index (χ2n) is 0. The Kier molecular flexibility index (Phi) is 167. The Labute approximate surface area is 45.4 Å². The molecule has 0 N–H and O–H groups in total. The van der Waals surface area contributed by atoms with E-state index in [9.17, 15) is 3.38 Å². The molecule has 0 amide bonds. The van der Waals surface area contributed by atoms with Crippen LogP contribution < -0.4 is 0 Å². The van der Waals surface area contributed by atoms with Crippen LogP contribution in [0.15, 0.2) is 0 Å². The fourth-order valence-electron chi connectivity index (χ4n) is 0. The second-order valence-corrected chi connectivity index (χ2v) is 0. The zero-order valence-corrected chi connectivity index (χ0v) is 1.79. The third kappa shape index (κ3) is 11.6. The van der Waals surface area contributed by atoms with Crippen LogP contribution in [0.25, 0.3) is 0 Å². The number of rotatable bonds is 0. The summed E-state index contributed by atoms with van der Waals surface area (Å²) in [5, 5.41) is 0. The van der Waals surface area contributed by atoms with Gasteiger partial charge in [0.1, 0.15) is 0 Å². The van der Waals surface area contributed by atoms with Crippen LogP contribution in [0.5, 0.6) is 0 Å². The number of hydrogen-bond donors (Lipinski definition) is 0. The van der Waals surface area contributed by atoms with Crippen LogP contribution in [0.4, 0.5) is 8.08 Å². The summed E-state index contributed by atoms with van der Waals surface area (Å²) in [5.74, 6) is 0. The van der Waals surface area contributed by atoms with Crippen LogP contribution in [0.2, 0.25) is 0 Å². The topological polar surface area (TPSA) is 0 Å². The molecule has 4 heavy (non-hydrogen) atoms. The average Bonchev–Trinajstić information content (AvgIpc) is 1.00. The Hall–Kier alpha value is 1.05. The molecule has 0 saturated carbocycles. The Morgan fingerprint density at radius 2 is 1.25 bits per heavy atom. The van der Waals surface area contributed by atoms with E-state index in [0.717, 1.165) is 0 Å². The maximum atomic E-state index is 9.50. The molecular formula is H2F2Li2. The summed E-state index contributed by atoms with van der Waals surface area (Å²) in [7, 11) is 0. The van der Waals surface area contributed by atoms with Gasteiger partial charge in [-0.1, -0.05) is 0 Å². The molecule has 0 atom stereocenters. The Morgan fingerprint density at radius 3 is 1.25 bits per heavy atom. The molecule has 0 aliphatic rings. The molecule has 0 bridgehead atoms. The van der Waals surface area contributed by atoms with Crippen molar-refractivity contribution in [2.75, 3.05) is 0 Å². The van der Waals surface area contributed by atoms with E-state index in [-0.39, 0.29) is 23.6 Å². The van der Waals surface area contributed by atoms with E-state index in [4.69, 9.17) is 0 Å². The van der Waals surface area contributed by atoms with Crippen LogP contribution in [0.1, 0.15) is 0 Å². The third-order valence-corrected chi connectivity index (χ3v) is 0. The van der Waals surface area contributed by atoms with Crippen LogP contribution in [0.3, 0.4) is 0 Å². The summed E-state index contributed by atoms with van der Waals surface area (Å²) in [6.45, 7) is 0. The van der Waals surface area contributed by atoms with Gasteiger partial charge in [0.15, 0.2) is 0 Å². The zero-order chi connectivity index (χ0) is 2.00. The molecule has 0 rings (SSSR count). The van der Waals surface area contributed by atoms with E-state index >= 15 is 0 Å². The van der Waals surface area contributed by atoms with Crippen molar-refractivity contribution >= 4 is 37.1 Å². The van der Waals surface area contributed by atoms with Crippen LogP contribution in [-0.4, -0.2) is 37.1 Å². The van der Waals surface area contributed by atoms with E-state index < -0.39 is 0 Å². The van der Waals surface area contributed by atoms with Gasteiger partial charge in [0.2, 0.25) is 0 Å². The van der Waals surface area contributed by atoms with Gasteiger partial charge in [0.25, 0.3) is 0 Å². The first-order chi connectivity index (χ1) is 1.00. The minimum atomic E-state index is 0. The zero-order valence-electron chi connectivity index (χ0n) is 1.79. The Morgan fingerprint density at radius 1 is 1.25 bits per heavy atom. The van der Waals surface area contributed by atoms with E-state index in [1.165, 1.54) is 0 Å². The second kappa shape index (κ2) is 34.0. The first kappa shape index (κ1) is 19.7. The van der Waals surface area contributed by atoms with Gasteiger partial charge in [-0.3, -0.25) is 4.70 Å². The van der Waals surface area contributed by atoms with Crippen LogP contribution in [0, 0.1) is 0 Å². The van der Waals surface area contributed by atoms with Gasteiger partial charge >= 0.3 is 40.4 Å². The summed E-state index contributed by atoms with van der Waals surface area (Å²) < 4.78 is 9.50. The Bertz CT molecular complexity index is 4.00. The van der Waals surface area contributed by atoms with Crippen molar-refractivity contribution in [1.82, 2.24) is 0 Å². The van der Waals surface area contributed by atoms with Gasteiger partial charge in [-0.05, 0) is 0 Å². The summed E-state index contributed by atoms with van der Waals surface area (Å²) in [6, 6.07) is 0. The molecule has 0 unspecified atom stereocenters. The molecule has 0 aromatic rings. The third-order valence-electron chi connectivity index (χ3n) is 0. The van der Waals surface area contributed by atoms with Gasteiger partial charge in [-0.2, -0.15) is 0 Å². The van der Waals surface area contributed by atoms with Gasteiger partial charge < -0.3 is 0 Å². The van der Waals surface area contributed by atoms with Crippen molar-refractivity contribution in [3.05, 3.63) is 0 Å². The predicted octanol–water partition coefficient (Wildman–Crippen LogP) is -0.457. The molecule has 0 aromatic carbocycles. The van der Waals surface area contributed by atoms with E-state index in [2.05, 4.69) is 0 Å². The van der Waals surface area contributed by atoms with Crippen molar-refractivity contribution in [3.63, 3.8) is 0 Å². The van der Waals surface area contributed by atoms with Crippen molar-refractivity contribution < 1.29 is 8.08 Å². The summed E-state index contributed by atoms with van der Waals surface area (Å²) in [4.78, 5) is 0. The van der Waals surface area contributed by atoms with Gasteiger partial charge in [0.05, 0.1) is 0 Å². The van der Waals surface area contributed by atoms with Gasteiger partial charge in [0, 0.05) is 0 Å². The quantitative estimate of drug-likeness (QED) is 0.328. The first-order valence-corrected chi connectivity index (χ1v) is 0.378. The molecule has 18 valence electrons. The van der Waals surface area contributed by atoms with E-state index in [1.807, 2.05) is 0 Å². The number of hydrogen-bond acceptors (Lipinski definition) is 0. The van der Waals surface area contributed by atoms with Crippen LogP contribution in [-0.2, 0) is 0 Å².